The molecule has 0 radical (unpaired) electrons. The van der Waals surface area contributed by atoms with Gasteiger partial charge in [0.2, 0.25) is 0 Å². The second kappa shape index (κ2) is 6.77. The predicted octanol–water partition coefficient (Wildman–Crippen LogP) is 3.72. The monoisotopic (exact) mass is 234 g/mol. The molecule has 1 fully saturated rings. The normalized spacial score (nSPS) is 24.8. The van der Waals surface area contributed by atoms with Crippen LogP contribution in [0.15, 0.2) is 30.3 Å². The first-order chi connectivity index (χ1) is 8.40. The van der Waals surface area contributed by atoms with E-state index in [1.54, 1.807) is 0 Å². The molecular formula is C15H22O2. The van der Waals surface area contributed by atoms with Crippen LogP contribution in [-0.4, -0.2) is 19.5 Å². The van der Waals surface area contributed by atoms with Crippen molar-refractivity contribution in [1.29, 1.82) is 0 Å². The molecule has 0 unspecified atom stereocenters. The molecule has 1 aromatic rings. The third kappa shape index (κ3) is 3.83. The molecular weight excluding hydrogens is 212 g/mol. The second-order valence-electron chi connectivity index (χ2n) is 4.66. The maximum absolute atomic E-state index is 5.75. The van der Waals surface area contributed by atoms with Gasteiger partial charge in [-0.3, -0.25) is 0 Å². The van der Waals surface area contributed by atoms with Crippen molar-refractivity contribution in [2.75, 3.05) is 13.2 Å². The Balaban J connectivity index is 1.84. The molecule has 1 aliphatic heterocycles. The molecule has 1 aliphatic rings. The van der Waals surface area contributed by atoms with E-state index in [0.717, 1.165) is 32.5 Å². The van der Waals surface area contributed by atoms with E-state index < -0.39 is 0 Å². The van der Waals surface area contributed by atoms with Gasteiger partial charge in [0.25, 0.3) is 0 Å². The number of hydrogen-bond donors (Lipinski definition) is 0. The minimum absolute atomic E-state index is 0.000469. The zero-order valence-electron chi connectivity index (χ0n) is 10.6. The Morgan fingerprint density at radius 3 is 2.88 bits per heavy atom. The van der Waals surface area contributed by atoms with E-state index in [9.17, 15) is 0 Å². The summed E-state index contributed by atoms with van der Waals surface area (Å²) in [6, 6.07) is 10.7. The Kier molecular flexibility index (Phi) is 5.02. The lowest BCUT2D eigenvalue weighted by Crippen LogP contribution is -2.27. The Morgan fingerprint density at radius 1 is 1.29 bits per heavy atom. The highest BCUT2D eigenvalue weighted by Gasteiger charge is 2.23. The maximum atomic E-state index is 5.75. The van der Waals surface area contributed by atoms with Crippen LogP contribution in [0.5, 0.6) is 0 Å². The molecule has 2 heteroatoms. The molecule has 0 aromatic heterocycles. The zero-order valence-corrected chi connectivity index (χ0v) is 10.6. The van der Waals surface area contributed by atoms with Crippen LogP contribution >= 0.6 is 0 Å². The van der Waals surface area contributed by atoms with Crippen molar-refractivity contribution >= 4 is 0 Å². The van der Waals surface area contributed by atoms with Crippen LogP contribution in [-0.2, 0) is 9.47 Å². The topological polar surface area (TPSA) is 18.5 Å². The largest absolute Gasteiger partial charge is 0.353 e. The van der Waals surface area contributed by atoms with Crippen molar-refractivity contribution in [2.45, 2.75) is 44.8 Å². The summed E-state index contributed by atoms with van der Waals surface area (Å²) in [5.41, 5.74) is 1.42. The van der Waals surface area contributed by atoms with Crippen LogP contribution in [0.4, 0.5) is 0 Å². The summed E-state index contributed by atoms with van der Waals surface area (Å²) >= 11 is 0. The fourth-order valence-corrected chi connectivity index (χ4v) is 2.26. The average Bonchev–Trinajstić information content (AvgIpc) is 2.41. The number of rotatable bonds is 5. The summed E-state index contributed by atoms with van der Waals surface area (Å²) in [7, 11) is 0. The van der Waals surface area contributed by atoms with Gasteiger partial charge in [-0.25, -0.2) is 0 Å². The van der Waals surface area contributed by atoms with Gasteiger partial charge in [-0.05, 0) is 24.3 Å². The summed E-state index contributed by atoms with van der Waals surface area (Å²) in [6.07, 6.45) is 4.40. The molecule has 0 saturated carbocycles. The van der Waals surface area contributed by atoms with Crippen LogP contribution < -0.4 is 0 Å². The molecule has 0 bridgehead atoms. The van der Waals surface area contributed by atoms with Gasteiger partial charge in [0.05, 0.1) is 6.61 Å². The van der Waals surface area contributed by atoms with Crippen molar-refractivity contribution in [1.82, 2.24) is 0 Å². The van der Waals surface area contributed by atoms with Gasteiger partial charge in [0.1, 0.15) is 0 Å². The highest BCUT2D eigenvalue weighted by atomic mass is 16.7. The van der Waals surface area contributed by atoms with E-state index in [-0.39, 0.29) is 6.29 Å². The second-order valence-corrected chi connectivity index (χ2v) is 4.66. The van der Waals surface area contributed by atoms with Crippen molar-refractivity contribution < 1.29 is 9.47 Å². The van der Waals surface area contributed by atoms with E-state index in [1.165, 1.54) is 12.0 Å². The van der Waals surface area contributed by atoms with Gasteiger partial charge in [0.15, 0.2) is 6.29 Å². The highest BCUT2D eigenvalue weighted by Crippen LogP contribution is 2.30. The van der Waals surface area contributed by atoms with Crippen molar-refractivity contribution in [3.05, 3.63) is 35.9 Å². The number of hydrogen-bond acceptors (Lipinski definition) is 2. The standard InChI is InChI=1S/C15H22O2/c1-2-3-10-16-15-12-14(9-11-17-15)13-7-5-4-6-8-13/h4-8,14-15H,2-3,9-12H2,1H3/t14-,15+/m0/s1. The van der Waals surface area contributed by atoms with Gasteiger partial charge in [-0.2, -0.15) is 0 Å². The third-order valence-corrected chi connectivity index (χ3v) is 3.32. The number of unbranched alkanes of at least 4 members (excludes halogenated alkanes) is 1. The molecule has 94 valence electrons. The summed E-state index contributed by atoms with van der Waals surface area (Å²) in [4.78, 5) is 0. The Morgan fingerprint density at radius 2 is 2.12 bits per heavy atom. The molecule has 1 saturated heterocycles. The molecule has 0 aliphatic carbocycles. The fourth-order valence-electron chi connectivity index (χ4n) is 2.26. The summed E-state index contributed by atoms with van der Waals surface area (Å²) in [5, 5.41) is 0. The van der Waals surface area contributed by atoms with Crippen LogP contribution in [0, 0.1) is 0 Å². The van der Waals surface area contributed by atoms with Crippen molar-refractivity contribution in [2.24, 2.45) is 0 Å². The number of benzene rings is 1. The van der Waals surface area contributed by atoms with Gasteiger partial charge in [0, 0.05) is 13.0 Å². The Labute approximate surface area is 104 Å². The minimum atomic E-state index is 0.000469. The van der Waals surface area contributed by atoms with E-state index in [0.29, 0.717) is 5.92 Å². The molecule has 1 heterocycles. The summed E-state index contributed by atoms with van der Waals surface area (Å²) in [5.74, 6) is 0.594. The fraction of sp³-hybridized carbons (Fsp3) is 0.600. The molecule has 17 heavy (non-hydrogen) atoms. The van der Waals surface area contributed by atoms with Gasteiger partial charge >= 0.3 is 0 Å². The molecule has 0 N–H and O–H groups in total. The van der Waals surface area contributed by atoms with Crippen LogP contribution in [0.2, 0.25) is 0 Å². The lowest BCUT2D eigenvalue weighted by molar-refractivity contribution is -0.167. The van der Waals surface area contributed by atoms with Gasteiger partial charge in [-0.1, -0.05) is 43.7 Å². The van der Waals surface area contributed by atoms with E-state index in [1.807, 2.05) is 0 Å². The smallest absolute Gasteiger partial charge is 0.158 e. The van der Waals surface area contributed by atoms with Crippen molar-refractivity contribution in [3.8, 4) is 0 Å². The molecule has 0 amide bonds. The zero-order chi connectivity index (χ0) is 11.9. The van der Waals surface area contributed by atoms with E-state index >= 15 is 0 Å². The SMILES string of the molecule is CCCCO[C@H]1C[C@@H](c2ccccc2)CCO1. The average molecular weight is 234 g/mol. The lowest BCUT2D eigenvalue weighted by atomic mass is 9.91. The maximum Gasteiger partial charge on any atom is 0.158 e. The first kappa shape index (κ1) is 12.6. The molecule has 2 nitrogen and oxygen atoms in total. The van der Waals surface area contributed by atoms with Crippen LogP contribution in [0.25, 0.3) is 0 Å². The summed E-state index contributed by atoms with van der Waals surface area (Å²) < 4.78 is 11.4. The predicted molar refractivity (Wildman–Crippen MR) is 69.0 cm³/mol. The van der Waals surface area contributed by atoms with Crippen LogP contribution in [0.1, 0.15) is 44.1 Å². The lowest BCUT2D eigenvalue weighted by Gasteiger charge is -2.29. The van der Waals surface area contributed by atoms with Gasteiger partial charge in [-0.15, -0.1) is 0 Å². The first-order valence-electron chi connectivity index (χ1n) is 6.68. The molecule has 2 atom stereocenters. The van der Waals surface area contributed by atoms with Gasteiger partial charge < -0.3 is 9.47 Å². The van der Waals surface area contributed by atoms with E-state index in [4.69, 9.17) is 9.47 Å². The molecule has 0 spiro atoms. The Hall–Kier alpha value is -0.860. The number of ether oxygens (including phenoxy) is 2. The molecule has 2 rings (SSSR count). The first-order valence-corrected chi connectivity index (χ1v) is 6.68. The van der Waals surface area contributed by atoms with E-state index in [2.05, 4.69) is 37.3 Å². The quantitative estimate of drug-likeness (QED) is 0.723. The van der Waals surface area contributed by atoms with Crippen molar-refractivity contribution in [3.63, 3.8) is 0 Å². The highest BCUT2D eigenvalue weighted by molar-refractivity contribution is 5.19. The minimum Gasteiger partial charge on any atom is -0.353 e. The third-order valence-electron chi connectivity index (χ3n) is 3.32. The Bertz CT molecular complexity index is 310. The molecule has 1 aromatic carbocycles. The van der Waals surface area contributed by atoms with Crippen LogP contribution in [0.3, 0.4) is 0 Å². The summed E-state index contributed by atoms with van der Waals surface area (Å²) in [6.45, 7) is 3.82.